The number of thiophene rings is 1. The van der Waals surface area contributed by atoms with Crippen LogP contribution in [0.15, 0.2) is 36.4 Å². The highest BCUT2D eigenvalue weighted by Crippen LogP contribution is 2.36. The normalized spacial score (nSPS) is 17.8. The minimum atomic E-state index is -0.130. The summed E-state index contributed by atoms with van der Waals surface area (Å²) in [6.45, 7) is 2.80. The van der Waals surface area contributed by atoms with E-state index in [1.54, 1.807) is 0 Å². The monoisotopic (exact) mass is 306 g/mol. The van der Waals surface area contributed by atoms with Gasteiger partial charge in [0.05, 0.1) is 9.90 Å². The highest BCUT2D eigenvalue weighted by atomic mass is 35.5. The number of nitrogens with one attached hydrogen (secondary N) is 1. The molecule has 3 rings (SSSR count). The third-order valence-corrected chi connectivity index (χ3v) is 4.63. The summed E-state index contributed by atoms with van der Waals surface area (Å²) in [6.07, 6.45) is 0.792. The predicted octanol–water partition coefficient (Wildman–Crippen LogP) is 4.38. The van der Waals surface area contributed by atoms with Gasteiger partial charge in [0.1, 0.15) is 6.17 Å². The maximum Gasteiger partial charge on any atom is 0.257 e. The Labute approximate surface area is 127 Å². The molecule has 20 heavy (non-hydrogen) atoms. The third kappa shape index (κ3) is 2.30. The van der Waals surface area contributed by atoms with Gasteiger partial charge in [-0.1, -0.05) is 30.7 Å². The van der Waals surface area contributed by atoms with Crippen molar-refractivity contribution in [2.75, 3.05) is 11.9 Å². The highest BCUT2D eigenvalue weighted by molar-refractivity contribution is 7.16. The maximum atomic E-state index is 12.7. The van der Waals surface area contributed by atoms with Crippen molar-refractivity contribution < 1.29 is 4.79 Å². The molecule has 0 aliphatic carbocycles. The summed E-state index contributed by atoms with van der Waals surface area (Å²) in [4.78, 5) is 15.6. The molecule has 0 saturated carbocycles. The van der Waals surface area contributed by atoms with E-state index in [9.17, 15) is 4.79 Å². The summed E-state index contributed by atoms with van der Waals surface area (Å²) in [7, 11) is 0. The minimum Gasteiger partial charge on any atom is -0.360 e. The van der Waals surface area contributed by atoms with E-state index in [1.807, 2.05) is 41.3 Å². The largest absolute Gasteiger partial charge is 0.360 e. The smallest absolute Gasteiger partial charge is 0.257 e. The second-order valence-corrected chi connectivity index (χ2v) is 6.48. The lowest BCUT2D eigenvalue weighted by Crippen LogP contribution is -2.42. The van der Waals surface area contributed by atoms with E-state index in [0.29, 0.717) is 0 Å². The Bertz CT molecular complexity index is 640. The van der Waals surface area contributed by atoms with Gasteiger partial charge in [0.2, 0.25) is 0 Å². The molecule has 1 atom stereocenters. The maximum absolute atomic E-state index is 12.7. The number of halogens is 1. The Morgan fingerprint density at radius 2 is 2.10 bits per heavy atom. The van der Waals surface area contributed by atoms with Gasteiger partial charge in [0, 0.05) is 17.1 Å². The average Bonchev–Trinajstić information content (AvgIpc) is 2.88. The van der Waals surface area contributed by atoms with Crippen LogP contribution in [0, 0.1) is 0 Å². The van der Waals surface area contributed by atoms with Crippen LogP contribution in [0.1, 0.15) is 34.7 Å². The lowest BCUT2D eigenvalue weighted by Gasteiger charge is -2.37. The Morgan fingerprint density at radius 3 is 2.80 bits per heavy atom. The first-order valence-electron chi connectivity index (χ1n) is 6.62. The van der Waals surface area contributed by atoms with Crippen LogP contribution >= 0.6 is 22.9 Å². The molecule has 5 heteroatoms. The highest BCUT2D eigenvalue weighted by Gasteiger charge is 2.32. The van der Waals surface area contributed by atoms with Gasteiger partial charge in [-0.15, -0.1) is 11.3 Å². The van der Waals surface area contributed by atoms with Gasteiger partial charge in [-0.25, -0.2) is 0 Å². The van der Waals surface area contributed by atoms with Crippen molar-refractivity contribution in [3.05, 3.63) is 51.2 Å². The standard InChI is InChI=1S/C15H15ClN2OS/c1-2-9-18-14(12-7-8-13(16)20-12)17-11-6-4-3-5-10(11)15(18)19/h3-8,14,17H,2,9H2,1H3/t14-/m0/s1. The van der Waals surface area contributed by atoms with Gasteiger partial charge in [-0.05, 0) is 30.7 Å². The first-order chi connectivity index (χ1) is 9.70. The topological polar surface area (TPSA) is 32.3 Å². The molecule has 1 amide bonds. The van der Waals surface area contributed by atoms with E-state index in [1.165, 1.54) is 11.3 Å². The first-order valence-corrected chi connectivity index (χ1v) is 7.82. The summed E-state index contributed by atoms with van der Waals surface area (Å²) in [5, 5.41) is 3.45. The zero-order valence-electron chi connectivity index (χ0n) is 11.1. The molecule has 0 bridgehead atoms. The van der Waals surface area contributed by atoms with Crippen LogP contribution in [-0.2, 0) is 0 Å². The lowest BCUT2D eigenvalue weighted by molar-refractivity contribution is 0.0686. The molecular weight excluding hydrogens is 292 g/mol. The second-order valence-electron chi connectivity index (χ2n) is 4.73. The van der Waals surface area contributed by atoms with Gasteiger partial charge >= 0.3 is 0 Å². The number of benzene rings is 1. The number of rotatable bonds is 3. The molecule has 1 N–H and O–H groups in total. The van der Waals surface area contributed by atoms with Crippen molar-refractivity contribution in [3.8, 4) is 0 Å². The molecule has 0 fully saturated rings. The van der Waals surface area contributed by atoms with Crippen LogP contribution in [0.5, 0.6) is 0 Å². The van der Waals surface area contributed by atoms with Crippen LogP contribution < -0.4 is 5.32 Å². The molecule has 0 radical (unpaired) electrons. The van der Waals surface area contributed by atoms with E-state index < -0.39 is 0 Å². The lowest BCUT2D eigenvalue weighted by atomic mass is 10.1. The third-order valence-electron chi connectivity index (χ3n) is 3.35. The average molecular weight is 307 g/mol. The van der Waals surface area contributed by atoms with E-state index in [4.69, 9.17) is 11.6 Å². The Morgan fingerprint density at radius 1 is 1.30 bits per heavy atom. The Balaban J connectivity index is 2.03. The molecule has 1 aliphatic rings. The summed E-state index contributed by atoms with van der Waals surface area (Å²) in [5.41, 5.74) is 1.62. The van der Waals surface area contributed by atoms with Gasteiger partial charge in [-0.2, -0.15) is 0 Å². The molecule has 104 valence electrons. The van der Waals surface area contributed by atoms with Crippen LogP contribution in [-0.4, -0.2) is 17.4 Å². The second kappa shape index (κ2) is 5.46. The Hall–Kier alpha value is -1.52. The fourth-order valence-electron chi connectivity index (χ4n) is 2.46. The summed E-state index contributed by atoms with van der Waals surface area (Å²) in [5.74, 6) is 0.0794. The molecule has 1 aromatic carbocycles. The minimum absolute atomic E-state index is 0.0794. The van der Waals surface area contributed by atoms with E-state index in [0.717, 1.165) is 33.4 Å². The summed E-state index contributed by atoms with van der Waals surface area (Å²) in [6, 6.07) is 11.5. The number of amides is 1. The van der Waals surface area contributed by atoms with Crippen LogP contribution in [0.4, 0.5) is 5.69 Å². The van der Waals surface area contributed by atoms with Gasteiger partial charge < -0.3 is 10.2 Å². The molecule has 0 spiro atoms. The number of hydrogen-bond acceptors (Lipinski definition) is 3. The van der Waals surface area contributed by atoms with Crippen LogP contribution in [0.25, 0.3) is 0 Å². The van der Waals surface area contributed by atoms with Crippen molar-refractivity contribution >= 4 is 34.5 Å². The molecule has 0 saturated heterocycles. The number of carbonyl (C=O) groups excluding carboxylic acids is 1. The van der Waals surface area contributed by atoms with E-state index in [-0.39, 0.29) is 12.1 Å². The fraction of sp³-hybridized carbons (Fsp3) is 0.267. The molecule has 0 unspecified atom stereocenters. The number of hydrogen-bond donors (Lipinski definition) is 1. The number of anilines is 1. The Kier molecular flexibility index (Phi) is 3.68. The van der Waals surface area contributed by atoms with Crippen LogP contribution in [0.2, 0.25) is 4.34 Å². The number of para-hydroxylation sites is 1. The van der Waals surface area contributed by atoms with Crippen molar-refractivity contribution in [3.63, 3.8) is 0 Å². The fourth-order valence-corrected chi connectivity index (χ4v) is 3.59. The molecular formula is C15H15ClN2OS. The molecule has 2 aromatic rings. The SMILES string of the molecule is CCCN1C(=O)c2ccccc2N[C@@H]1c1ccc(Cl)s1. The zero-order chi connectivity index (χ0) is 14.1. The van der Waals surface area contributed by atoms with Gasteiger partial charge in [0.25, 0.3) is 5.91 Å². The number of fused-ring (bicyclic) bond motifs is 1. The van der Waals surface area contributed by atoms with Crippen molar-refractivity contribution in [2.24, 2.45) is 0 Å². The summed E-state index contributed by atoms with van der Waals surface area (Å²) < 4.78 is 0.740. The molecule has 1 aromatic heterocycles. The summed E-state index contributed by atoms with van der Waals surface area (Å²) >= 11 is 7.54. The molecule has 2 heterocycles. The van der Waals surface area contributed by atoms with Crippen molar-refractivity contribution in [2.45, 2.75) is 19.5 Å². The van der Waals surface area contributed by atoms with Crippen LogP contribution in [0.3, 0.4) is 0 Å². The van der Waals surface area contributed by atoms with Gasteiger partial charge in [-0.3, -0.25) is 4.79 Å². The molecule has 1 aliphatic heterocycles. The number of nitrogens with zero attached hydrogens (tertiary/aromatic N) is 1. The first kappa shape index (κ1) is 13.5. The molecule has 3 nitrogen and oxygen atoms in total. The van der Waals surface area contributed by atoms with E-state index >= 15 is 0 Å². The van der Waals surface area contributed by atoms with E-state index in [2.05, 4.69) is 12.2 Å². The van der Waals surface area contributed by atoms with Crippen molar-refractivity contribution in [1.29, 1.82) is 0 Å². The predicted molar refractivity (Wildman–Crippen MR) is 83.5 cm³/mol. The van der Waals surface area contributed by atoms with Gasteiger partial charge in [0.15, 0.2) is 0 Å². The zero-order valence-corrected chi connectivity index (χ0v) is 12.7. The number of carbonyl (C=O) groups is 1. The van der Waals surface area contributed by atoms with Crippen molar-refractivity contribution in [1.82, 2.24) is 4.90 Å². The quantitative estimate of drug-likeness (QED) is 0.912.